The molecule has 112 valence electrons. The van der Waals surface area contributed by atoms with Crippen LogP contribution in [0, 0.1) is 0 Å². The molecule has 3 rings (SSSR count). The Labute approximate surface area is 129 Å². The minimum atomic E-state index is -0.255. The number of imidazole rings is 1. The Morgan fingerprint density at radius 2 is 1.82 bits per heavy atom. The van der Waals surface area contributed by atoms with E-state index in [1.54, 1.807) is 6.07 Å². The highest BCUT2D eigenvalue weighted by molar-refractivity contribution is 5.98. The molecule has 0 aliphatic rings. The maximum Gasteiger partial charge on any atom is 0.251 e. The highest BCUT2D eigenvalue weighted by Crippen LogP contribution is 2.21. The smallest absolute Gasteiger partial charge is 0.251 e. The van der Waals surface area contributed by atoms with Crippen LogP contribution in [0.4, 0.5) is 0 Å². The Morgan fingerprint density at radius 3 is 2.50 bits per heavy atom. The summed E-state index contributed by atoms with van der Waals surface area (Å²) >= 11 is 0. The molecule has 2 aromatic carbocycles. The van der Waals surface area contributed by atoms with Crippen LogP contribution in [-0.4, -0.2) is 21.4 Å². The van der Waals surface area contributed by atoms with Gasteiger partial charge in [0, 0.05) is 16.7 Å². The van der Waals surface area contributed by atoms with Crippen molar-refractivity contribution >= 4 is 16.9 Å². The van der Waals surface area contributed by atoms with E-state index in [1.807, 2.05) is 63.2 Å². The van der Waals surface area contributed by atoms with Crippen LogP contribution in [-0.2, 0) is 0 Å². The first-order valence-corrected chi connectivity index (χ1v) is 7.30. The molecule has 0 saturated carbocycles. The molecular formula is C18H19N3O. The molecule has 0 atom stereocenters. The van der Waals surface area contributed by atoms with Crippen LogP contribution in [0.5, 0.6) is 0 Å². The van der Waals surface area contributed by atoms with Gasteiger partial charge in [0.25, 0.3) is 5.91 Å². The van der Waals surface area contributed by atoms with Crippen molar-refractivity contribution in [3.05, 3.63) is 54.1 Å². The number of carbonyl (C=O) groups excluding carboxylic acids is 1. The van der Waals surface area contributed by atoms with Gasteiger partial charge in [-0.3, -0.25) is 4.79 Å². The molecule has 1 heterocycles. The number of hydrogen-bond acceptors (Lipinski definition) is 2. The predicted molar refractivity (Wildman–Crippen MR) is 88.7 cm³/mol. The summed E-state index contributed by atoms with van der Waals surface area (Å²) in [6.45, 7) is 5.90. The van der Waals surface area contributed by atoms with Crippen molar-refractivity contribution in [1.82, 2.24) is 15.3 Å². The van der Waals surface area contributed by atoms with E-state index in [9.17, 15) is 4.79 Å². The van der Waals surface area contributed by atoms with Crippen molar-refractivity contribution in [3.8, 4) is 11.4 Å². The predicted octanol–water partition coefficient (Wildman–Crippen LogP) is 3.76. The molecule has 4 heteroatoms. The first-order chi connectivity index (χ1) is 10.4. The Kier molecular flexibility index (Phi) is 3.45. The highest BCUT2D eigenvalue weighted by Gasteiger charge is 2.16. The lowest BCUT2D eigenvalue weighted by Gasteiger charge is -2.20. The van der Waals surface area contributed by atoms with E-state index in [-0.39, 0.29) is 11.4 Å². The lowest BCUT2D eigenvalue weighted by molar-refractivity contribution is 0.0919. The lowest BCUT2D eigenvalue weighted by atomic mass is 10.1. The third-order valence-corrected chi connectivity index (χ3v) is 3.28. The van der Waals surface area contributed by atoms with Crippen molar-refractivity contribution in [2.24, 2.45) is 0 Å². The van der Waals surface area contributed by atoms with E-state index < -0.39 is 0 Å². The normalized spacial score (nSPS) is 11.6. The Morgan fingerprint density at radius 1 is 1.09 bits per heavy atom. The molecule has 0 bridgehead atoms. The van der Waals surface area contributed by atoms with E-state index in [1.165, 1.54) is 0 Å². The molecule has 0 spiro atoms. The number of aromatic amines is 1. The summed E-state index contributed by atoms with van der Waals surface area (Å²) in [7, 11) is 0. The third-order valence-electron chi connectivity index (χ3n) is 3.28. The van der Waals surface area contributed by atoms with Gasteiger partial charge in [-0.2, -0.15) is 0 Å². The average molecular weight is 293 g/mol. The van der Waals surface area contributed by atoms with Crippen molar-refractivity contribution in [3.63, 3.8) is 0 Å². The zero-order valence-electron chi connectivity index (χ0n) is 13.0. The summed E-state index contributed by atoms with van der Waals surface area (Å²) in [5.41, 5.74) is 3.12. The minimum absolute atomic E-state index is 0.0785. The number of aromatic nitrogens is 2. The standard InChI is InChI=1S/C18H19N3O/c1-18(2,3)21-17(22)13-9-10-14-15(11-13)20-16(19-14)12-7-5-4-6-8-12/h4-11H,1-3H3,(H,19,20)(H,21,22). The molecule has 22 heavy (non-hydrogen) atoms. The van der Waals surface area contributed by atoms with Crippen molar-refractivity contribution in [1.29, 1.82) is 0 Å². The number of hydrogen-bond donors (Lipinski definition) is 2. The number of nitrogens with one attached hydrogen (secondary N) is 2. The number of benzene rings is 2. The average Bonchev–Trinajstić information content (AvgIpc) is 2.89. The Balaban J connectivity index is 1.96. The summed E-state index contributed by atoms with van der Waals surface area (Å²) in [4.78, 5) is 20.1. The van der Waals surface area contributed by atoms with Gasteiger partial charge >= 0.3 is 0 Å². The molecule has 0 fully saturated rings. The number of carbonyl (C=O) groups is 1. The molecule has 3 aromatic rings. The molecular weight excluding hydrogens is 274 g/mol. The second-order valence-corrected chi connectivity index (χ2v) is 6.39. The first kappa shape index (κ1) is 14.3. The zero-order chi connectivity index (χ0) is 15.7. The van der Waals surface area contributed by atoms with Crippen LogP contribution in [0.1, 0.15) is 31.1 Å². The molecule has 0 radical (unpaired) electrons. The highest BCUT2D eigenvalue weighted by atomic mass is 16.1. The van der Waals surface area contributed by atoms with E-state index in [2.05, 4.69) is 15.3 Å². The summed E-state index contributed by atoms with van der Waals surface area (Å²) in [5, 5.41) is 2.97. The van der Waals surface area contributed by atoms with Crippen molar-refractivity contribution in [2.75, 3.05) is 0 Å². The maximum atomic E-state index is 12.2. The van der Waals surface area contributed by atoms with Gasteiger partial charge in [0.1, 0.15) is 5.82 Å². The molecule has 4 nitrogen and oxygen atoms in total. The topological polar surface area (TPSA) is 57.8 Å². The SMILES string of the molecule is CC(C)(C)NC(=O)c1ccc2nc(-c3ccccc3)[nH]c2c1. The summed E-state index contributed by atoms with van der Waals surface area (Å²) in [6, 6.07) is 15.5. The van der Waals surface area contributed by atoms with Crippen LogP contribution >= 0.6 is 0 Å². The van der Waals surface area contributed by atoms with Crippen LogP contribution in [0.2, 0.25) is 0 Å². The molecule has 2 N–H and O–H groups in total. The molecule has 0 aliphatic heterocycles. The molecule has 1 aromatic heterocycles. The van der Waals surface area contributed by atoms with Gasteiger partial charge in [-0.05, 0) is 39.0 Å². The minimum Gasteiger partial charge on any atom is -0.347 e. The van der Waals surface area contributed by atoms with Gasteiger partial charge in [-0.1, -0.05) is 30.3 Å². The van der Waals surface area contributed by atoms with Crippen molar-refractivity contribution in [2.45, 2.75) is 26.3 Å². The van der Waals surface area contributed by atoms with Crippen molar-refractivity contribution < 1.29 is 4.79 Å². The summed E-state index contributed by atoms with van der Waals surface area (Å²) in [5.74, 6) is 0.731. The number of nitrogens with zero attached hydrogens (tertiary/aromatic N) is 1. The largest absolute Gasteiger partial charge is 0.347 e. The number of fused-ring (bicyclic) bond motifs is 1. The van der Waals surface area contributed by atoms with Crippen LogP contribution in [0.3, 0.4) is 0 Å². The van der Waals surface area contributed by atoms with Gasteiger partial charge in [-0.15, -0.1) is 0 Å². The fourth-order valence-corrected chi connectivity index (χ4v) is 2.30. The van der Waals surface area contributed by atoms with E-state index in [0.717, 1.165) is 22.4 Å². The quantitative estimate of drug-likeness (QED) is 0.756. The Bertz CT molecular complexity index is 813. The monoisotopic (exact) mass is 293 g/mol. The number of rotatable bonds is 2. The molecule has 0 saturated heterocycles. The van der Waals surface area contributed by atoms with Crippen LogP contribution < -0.4 is 5.32 Å². The third kappa shape index (κ3) is 3.01. The summed E-state index contributed by atoms with van der Waals surface area (Å²) < 4.78 is 0. The molecule has 0 aliphatic carbocycles. The van der Waals surface area contributed by atoms with E-state index in [4.69, 9.17) is 0 Å². The van der Waals surface area contributed by atoms with E-state index >= 15 is 0 Å². The van der Waals surface area contributed by atoms with Gasteiger partial charge in [-0.25, -0.2) is 4.98 Å². The van der Waals surface area contributed by atoms with Crippen LogP contribution in [0.25, 0.3) is 22.4 Å². The molecule has 0 unspecified atom stereocenters. The van der Waals surface area contributed by atoms with Gasteiger partial charge in [0.15, 0.2) is 0 Å². The second-order valence-electron chi connectivity index (χ2n) is 6.39. The zero-order valence-corrected chi connectivity index (χ0v) is 13.0. The van der Waals surface area contributed by atoms with Gasteiger partial charge in [0.05, 0.1) is 11.0 Å². The van der Waals surface area contributed by atoms with E-state index in [0.29, 0.717) is 5.56 Å². The van der Waals surface area contributed by atoms with Gasteiger partial charge in [0.2, 0.25) is 0 Å². The summed E-state index contributed by atoms with van der Waals surface area (Å²) in [6.07, 6.45) is 0. The lowest BCUT2D eigenvalue weighted by Crippen LogP contribution is -2.40. The fourth-order valence-electron chi connectivity index (χ4n) is 2.30. The number of H-pyrrole nitrogens is 1. The second kappa shape index (κ2) is 5.30. The maximum absolute atomic E-state index is 12.2. The van der Waals surface area contributed by atoms with Crippen LogP contribution in [0.15, 0.2) is 48.5 Å². The molecule has 1 amide bonds. The Hall–Kier alpha value is -2.62. The number of amides is 1. The first-order valence-electron chi connectivity index (χ1n) is 7.30. The van der Waals surface area contributed by atoms with Gasteiger partial charge < -0.3 is 10.3 Å². The fraction of sp³-hybridized carbons (Fsp3) is 0.222.